The van der Waals surface area contributed by atoms with Gasteiger partial charge < -0.3 is 0 Å². The average Bonchev–Trinajstić information content (AvgIpc) is 2.06. The molecule has 0 saturated carbocycles. The summed E-state index contributed by atoms with van der Waals surface area (Å²) >= 11 is 0. The normalized spacial score (nSPS) is 19.9. The zero-order chi connectivity index (χ0) is 8.97. The van der Waals surface area contributed by atoms with Crippen molar-refractivity contribution in [2.24, 2.45) is 5.92 Å². The largest absolute Gasteiger partial charge is 0.252 e. The van der Waals surface area contributed by atoms with Gasteiger partial charge in [-0.2, -0.15) is 0 Å². The van der Waals surface area contributed by atoms with Gasteiger partial charge in [0.25, 0.3) is 0 Å². The predicted molar refractivity (Wildman–Crippen MR) is 48.8 cm³/mol. The van der Waals surface area contributed by atoms with Gasteiger partial charge in [-0.25, -0.2) is 4.89 Å². The van der Waals surface area contributed by atoms with E-state index in [0.29, 0.717) is 12.5 Å². The predicted octanol–water partition coefficient (Wildman–Crippen LogP) is 2.78. The van der Waals surface area contributed by atoms with Crippen LogP contribution in [0.3, 0.4) is 0 Å². The molecule has 12 heavy (non-hydrogen) atoms. The molecule has 0 radical (unpaired) electrons. The summed E-state index contributed by atoms with van der Waals surface area (Å²) in [6.07, 6.45) is 6.53. The van der Waals surface area contributed by atoms with Gasteiger partial charge in [-0.3, -0.25) is 5.26 Å². The monoisotopic (exact) mass is 168 g/mol. The Balaban J connectivity index is 2.52. The Kier molecular flexibility index (Phi) is 3.50. The third-order valence-electron chi connectivity index (χ3n) is 2.35. The molecule has 1 rings (SSSR count). The highest BCUT2D eigenvalue weighted by Gasteiger charge is 2.10. The minimum Gasteiger partial charge on any atom is -0.252 e. The second kappa shape index (κ2) is 4.43. The van der Waals surface area contributed by atoms with Crippen LogP contribution in [-0.2, 0) is 4.89 Å². The maximum atomic E-state index is 8.28. The smallest absolute Gasteiger partial charge is 0.0882 e. The molecule has 0 heterocycles. The topological polar surface area (TPSA) is 29.5 Å². The zero-order valence-electron chi connectivity index (χ0n) is 7.71. The molecule has 2 heteroatoms. The van der Waals surface area contributed by atoms with Crippen molar-refractivity contribution in [2.45, 2.75) is 26.7 Å². The van der Waals surface area contributed by atoms with Crippen LogP contribution in [0.1, 0.15) is 26.7 Å². The van der Waals surface area contributed by atoms with Crippen LogP contribution in [0, 0.1) is 5.92 Å². The van der Waals surface area contributed by atoms with Crippen LogP contribution in [-0.4, -0.2) is 11.9 Å². The molecule has 1 unspecified atom stereocenters. The first kappa shape index (κ1) is 9.49. The first-order chi connectivity index (χ1) is 5.74. The lowest BCUT2D eigenvalue weighted by molar-refractivity contribution is -0.247. The van der Waals surface area contributed by atoms with Gasteiger partial charge in [0, 0.05) is 5.92 Å². The maximum Gasteiger partial charge on any atom is 0.0882 e. The SMILES string of the molecule is CC1=CC=C(C(C)COO)CC1. The number of hydrogen-bond donors (Lipinski definition) is 1. The van der Waals surface area contributed by atoms with Crippen LogP contribution in [0.4, 0.5) is 0 Å². The molecule has 1 atom stereocenters. The van der Waals surface area contributed by atoms with Gasteiger partial charge in [0.2, 0.25) is 0 Å². The molecular weight excluding hydrogens is 152 g/mol. The van der Waals surface area contributed by atoms with Gasteiger partial charge >= 0.3 is 0 Å². The Hall–Kier alpha value is -0.600. The molecule has 0 aromatic rings. The summed E-state index contributed by atoms with van der Waals surface area (Å²) in [7, 11) is 0. The summed E-state index contributed by atoms with van der Waals surface area (Å²) in [5.41, 5.74) is 2.80. The molecule has 0 aromatic heterocycles. The Labute approximate surface area is 73.5 Å². The van der Waals surface area contributed by atoms with Gasteiger partial charge in [0.15, 0.2) is 0 Å². The van der Waals surface area contributed by atoms with E-state index >= 15 is 0 Å². The molecule has 0 aliphatic heterocycles. The van der Waals surface area contributed by atoms with E-state index in [9.17, 15) is 0 Å². The van der Waals surface area contributed by atoms with Crippen LogP contribution in [0.25, 0.3) is 0 Å². The van der Waals surface area contributed by atoms with Gasteiger partial charge in [0.05, 0.1) is 6.61 Å². The summed E-state index contributed by atoms with van der Waals surface area (Å²) in [6.45, 7) is 4.61. The third-order valence-corrected chi connectivity index (χ3v) is 2.35. The number of allylic oxidation sites excluding steroid dienone is 3. The van der Waals surface area contributed by atoms with E-state index in [-0.39, 0.29) is 0 Å². The van der Waals surface area contributed by atoms with E-state index in [2.05, 4.69) is 30.9 Å². The van der Waals surface area contributed by atoms with Crippen LogP contribution in [0.5, 0.6) is 0 Å². The number of rotatable bonds is 3. The van der Waals surface area contributed by atoms with Gasteiger partial charge in [-0.1, -0.05) is 30.2 Å². The van der Waals surface area contributed by atoms with Crippen molar-refractivity contribution in [2.75, 3.05) is 6.61 Å². The first-order valence-electron chi connectivity index (χ1n) is 4.36. The fourth-order valence-electron chi connectivity index (χ4n) is 1.39. The number of hydrogen-bond acceptors (Lipinski definition) is 2. The van der Waals surface area contributed by atoms with E-state index in [1.165, 1.54) is 11.1 Å². The summed E-state index contributed by atoms with van der Waals surface area (Å²) < 4.78 is 0. The van der Waals surface area contributed by atoms with Gasteiger partial charge in [-0.15, -0.1) is 0 Å². The van der Waals surface area contributed by atoms with E-state index < -0.39 is 0 Å². The Morgan fingerprint density at radius 1 is 1.50 bits per heavy atom. The molecule has 0 bridgehead atoms. The summed E-state index contributed by atoms with van der Waals surface area (Å²) in [4.78, 5) is 4.12. The van der Waals surface area contributed by atoms with Crippen molar-refractivity contribution >= 4 is 0 Å². The summed E-state index contributed by atoms with van der Waals surface area (Å²) in [5.74, 6) is 0.333. The van der Waals surface area contributed by atoms with Crippen LogP contribution >= 0.6 is 0 Å². The molecule has 1 aliphatic carbocycles. The lowest BCUT2D eigenvalue weighted by atomic mass is 9.91. The van der Waals surface area contributed by atoms with Crippen LogP contribution in [0.2, 0.25) is 0 Å². The molecule has 0 saturated heterocycles. The highest BCUT2D eigenvalue weighted by molar-refractivity contribution is 5.24. The summed E-state index contributed by atoms with van der Waals surface area (Å²) in [6, 6.07) is 0. The fraction of sp³-hybridized carbons (Fsp3) is 0.600. The van der Waals surface area contributed by atoms with Gasteiger partial charge in [0.1, 0.15) is 0 Å². The molecule has 0 aromatic carbocycles. The molecular formula is C10H16O2. The minimum absolute atomic E-state index is 0.333. The van der Waals surface area contributed by atoms with Gasteiger partial charge in [-0.05, 0) is 19.8 Å². The molecule has 2 nitrogen and oxygen atoms in total. The molecule has 68 valence electrons. The molecule has 0 spiro atoms. The van der Waals surface area contributed by atoms with E-state index in [1.54, 1.807) is 0 Å². The van der Waals surface area contributed by atoms with Crippen LogP contribution in [0.15, 0.2) is 23.3 Å². The third kappa shape index (κ3) is 2.47. The second-order valence-electron chi connectivity index (χ2n) is 3.45. The molecule has 0 amide bonds. The Morgan fingerprint density at radius 2 is 2.25 bits per heavy atom. The fourth-order valence-corrected chi connectivity index (χ4v) is 1.39. The summed E-state index contributed by atoms with van der Waals surface area (Å²) in [5, 5.41) is 8.28. The minimum atomic E-state index is 0.333. The van der Waals surface area contributed by atoms with Crippen molar-refractivity contribution in [1.29, 1.82) is 0 Å². The maximum absolute atomic E-state index is 8.28. The highest BCUT2D eigenvalue weighted by atomic mass is 17.1. The highest BCUT2D eigenvalue weighted by Crippen LogP contribution is 2.23. The van der Waals surface area contributed by atoms with E-state index in [0.717, 1.165) is 12.8 Å². The van der Waals surface area contributed by atoms with E-state index in [4.69, 9.17) is 5.26 Å². The zero-order valence-corrected chi connectivity index (χ0v) is 7.71. The van der Waals surface area contributed by atoms with Crippen molar-refractivity contribution < 1.29 is 10.1 Å². The first-order valence-corrected chi connectivity index (χ1v) is 4.36. The quantitative estimate of drug-likeness (QED) is 0.518. The van der Waals surface area contributed by atoms with E-state index in [1.807, 2.05) is 0 Å². The average molecular weight is 168 g/mol. The second-order valence-corrected chi connectivity index (χ2v) is 3.45. The standard InChI is InChI=1S/C10H16O2/c1-8-3-5-10(6-4-8)9(2)7-12-11/h3,5,9,11H,4,6-7H2,1-2H3. The molecule has 1 N–H and O–H groups in total. The Morgan fingerprint density at radius 3 is 2.75 bits per heavy atom. The van der Waals surface area contributed by atoms with Crippen molar-refractivity contribution in [1.82, 2.24) is 0 Å². The molecule has 1 aliphatic rings. The van der Waals surface area contributed by atoms with Crippen molar-refractivity contribution in [3.8, 4) is 0 Å². The lowest BCUT2D eigenvalue weighted by Gasteiger charge is -2.17. The lowest BCUT2D eigenvalue weighted by Crippen LogP contribution is -2.08. The van der Waals surface area contributed by atoms with Crippen molar-refractivity contribution in [3.63, 3.8) is 0 Å². The van der Waals surface area contributed by atoms with Crippen LogP contribution < -0.4 is 0 Å². The molecule has 0 fully saturated rings. The van der Waals surface area contributed by atoms with Crippen molar-refractivity contribution in [3.05, 3.63) is 23.3 Å². The Bertz CT molecular complexity index is 204.